The van der Waals surface area contributed by atoms with Crippen molar-refractivity contribution in [3.63, 3.8) is 0 Å². The minimum absolute atomic E-state index is 0.0617. The Labute approximate surface area is 149 Å². The van der Waals surface area contributed by atoms with Gasteiger partial charge in [0.25, 0.3) is 0 Å². The van der Waals surface area contributed by atoms with E-state index >= 15 is 0 Å². The second-order valence-corrected chi connectivity index (χ2v) is 8.20. The summed E-state index contributed by atoms with van der Waals surface area (Å²) in [5.41, 5.74) is 0. The van der Waals surface area contributed by atoms with Crippen molar-refractivity contribution in [1.82, 2.24) is 9.80 Å². The van der Waals surface area contributed by atoms with Gasteiger partial charge < -0.3 is 14.2 Å². The lowest BCUT2D eigenvalue weighted by molar-refractivity contribution is -0.135. The first-order chi connectivity index (χ1) is 12.0. The number of hydrogen-bond acceptors (Lipinski definition) is 3. The van der Waals surface area contributed by atoms with E-state index in [2.05, 4.69) is 6.92 Å². The van der Waals surface area contributed by atoms with Crippen LogP contribution in [0.2, 0.25) is 0 Å². The Kier molecular flexibility index (Phi) is 4.34. The molecule has 0 aromatic carbocycles. The highest BCUT2D eigenvalue weighted by Crippen LogP contribution is 2.47. The van der Waals surface area contributed by atoms with E-state index in [4.69, 9.17) is 4.42 Å². The molecule has 5 heteroatoms. The molecular formula is C20H28N2O3. The fourth-order valence-corrected chi connectivity index (χ4v) is 4.49. The molecule has 2 heterocycles. The smallest absolute Gasteiger partial charge is 0.228 e. The zero-order valence-electron chi connectivity index (χ0n) is 15.2. The van der Waals surface area contributed by atoms with E-state index in [1.54, 1.807) is 4.90 Å². The average molecular weight is 344 g/mol. The summed E-state index contributed by atoms with van der Waals surface area (Å²) >= 11 is 0. The van der Waals surface area contributed by atoms with Gasteiger partial charge in [-0.1, -0.05) is 19.8 Å². The van der Waals surface area contributed by atoms with Crippen LogP contribution in [-0.2, 0) is 16.1 Å². The predicted molar refractivity (Wildman–Crippen MR) is 93.8 cm³/mol. The third kappa shape index (κ3) is 3.33. The summed E-state index contributed by atoms with van der Waals surface area (Å²) in [6.45, 7) is 3.30. The molecular weight excluding hydrogens is 316 g/mol. The maximum Gasteiger partial charge on any atom is 0.228 e. The number of likely N-dealkylation sites (tertiary alicyclic amines) is 1. The minimum Gasteiger partial charge on any atom is -0.464 e. The van der Waals surface area contributed by atoms with Crippen molar-refractivity contribution in [1.29, 1.82) is 0 Å². The number of hydrogen-bond donors (Lipinski definition) is 0. The molecule has 2 saturated carbocycles. The predicted octanol–water partition coefficient (Wildman–Crippen LogP) is 3.15. The van der Waals surface area contributed by atoms with Crippen molar-refractivity contribution in [2.24, 2.45) is 11.8 Å². The van der Waals surface area contributed by atoms with Gasteiger partial charge in [0.15, 0.2) is 0 Å². The fourth-order valence-electron chi connectivity index (χ4n) is 4.49. The molecule has 1 aliphatic heterocycles. The molecule has 0 radical (unpaired) electrons. The van der Waals surface area contributed by atoms with Crippen molar-refractivity contribution < 1.29 is 14.0 Å². The summed E-state index contributed by atoms with van der Waals surface area (Å²) in [4.78, 5) is 28.8. The van der Waals surface area contributed by atoms with Gasteiger partial charge in [-0.25, -0.2) is 0 Å². The van der Waals surface area contributed by atoms with Gasteiger partial charge >= 0.3 is 0 Å². The SMILES string of the molecule is C[C@@H]1C[C@H]1c1ccc(CN(C)C(=O)[C@@H]2CC(=O)N(C3CCCC3)C2)o1. The summed E-state index contributed by atoms with van der Waals surface area (Å²) in [6.07, 6.45) is 6.15. The highest BCUT2D eigenvalue weighted by molar-refractivity contribution is 5.89. The molecule has 0 N–H and O–H groups in total. The van der Waals surface area contributed by atoms with Crippen LogP contribution in [-0.4, -0.2) is 41.2 Å². The van der Waals surface area contributed by atoms with Crippen LogP contribution in [0.1, 0.15) is 62.9 Å². The first-order valence-electron chi connectivity index (χ1n) is 9.66. The van der Waals surface area contributed by atoms with Crippen LogP contribution in [0.3, 0.4) is 0 Å². The quantitative estimate of drug-likeness (QED) is 0.824. The van der Waals surface area contributed by atoms with E-state index < -0.39 is 0 Å². The second kappa shape index (κ2) is 6.50. The molecule has 0 spiro atoms. The standard InChI is InChI=1S/C20H28N2O3/c1-13-9-17(13)18-8-7-16(25-18)12-21(2)20(24)14-10-19(23)22(11-14)15-5-3-4-6-15/h7-8,13-15,17H,3-6,9-12H2,1-2H3/t13-,14-,17-/m1/s1. The van der Waals surface area contributed by atoms with Crippen molar-refractivity contribution in [3.05, 3.63) is 23.7 Å². The number of nitrogens with zero attached hydrogens (tertiary/aromatic N) is 2. The number of carbonyl (C=O) groups is 2. The van der Waals surface area contributed by atoms with Crippen LogP contribution >= 0.6 is 0 Å². The van der Waals surface area contributed by atoms with Crippen LogP contribution < -0.4 is 0 Å². The number of carbonyl (C=O) groups excluding carboxylic acids is 2. The number of furan rings is 1. The molecule has 1 saturated heterocycles. The molecule has 1 aromatic heterocycles. The molecule has 5 nitrogen and oxygen atoms in total. The van der Waals surface area contributed by atoms with E-state index in [1.807, 2.05) is 24.1 Å². The lowest BCUT2D eigenvalue weighted by Gasteiger charge is -2.25. The van der Waals surface area contributed by atoms with Crippen molar-refractivity contribution >= 4 is 11.8 Å². The van der Waals surface area contributed by atoms with Crippen molar-refractivity contribution in [2.45, 2.75) is 64.0 Å². The van der Waals surface area contributed by atoms with Crippen molar-refractivity contribution in [3.8, 4) is 0 Å². The summed E-state index contributed by atoms with van der Waals surface area (Å²) in [7, 11) is 1.81. The molecule has 25 heavy (non-hydrogen) atoms. The maximum absolute atomic E-state index is 12.8. The Balaban J connectivity index is 1.34. The monoisotopic (exact) mass is 344 g/mol. The van der Waals surface area contributed by atoms with E-state index in [9.17, 15) is 9.59 Å². The topological polar surface area (TPSA) is 53.8 Å². The van der Waals surface area contributed by atoms with Crippen molar-refractivity contribution in [2.75, 3.05) is 13.6 Å². The van der Waals surface area contributed by atoms with Gasteiger partial charge in [0.05, 0.1) is 12.5 Å². The van der Waals surface area contributed by atoms with Crippen LogP contribution in [0.4, 0.5) is 0 Å². The fraction of sp³-hybridized carbons (Fsp3) is 0.700. The first kappa shape index (κ1) is 16.7. The highest BCUT2D eigenvalue weighted by atomic mass is 16.3. The normalized spacial score (nSPS) is 29.4. The molecule has 0 bridgehead atoms. The Morgan fingerprint density at radius 1 is 1.32 bits per heavy atom. The van der Waals surface area contributed by atoms with E-state index in [0.29, 0.717) is 37.4 Å². The van der Waals surface area contributed by atoms with Gasteiger partial charge in [-0.2, -0.15) is 0 Å². The van der Waals surface area contributed by atoms with Gasteiger partial charge in [-0.05, 0) is 37.3 Å². The van der Waals surface area contributed by atoms with Crippen LogP contribution in [0, 0.1) is 11.8 Å². The van der Waals surface area contributed by atoms with E-state index in [0.717, 1.165) is 24.4 Å². The molecule has 2 aliphatic carbocycles. The lowest BCUT2D eigenvalue weighted by Crippen LogP contribution is -2.37. The Morgan fingerprint density at radius 3 is 2.72 bits per heavy atom. The maximum atomic E-state index is 12.8. The number of amides is 2. The average Bonchev–Trinajstić information content (AvgIpc) is 3.04. The number of rotatable bonds is 5. The summed E-state index contributed by atoms with van der Waals surface area (Å²) in [6, 6.07) is 4.39. The largest absolute Gasteiger partial charge is 0.464 e. The molecule has 0 unspecified atom stereocenters. The molecule has 2 amide bonds. The summed E-state index contributed by atoms with van der Waals surface area (Å²) < 4.78 is 5.91. The summed E-state index contributed by atoms with van der Waals surface area (Å²) in [5.74, 6) is 3.17. The summed E-state index contributed by atoms with van der Waals surface area (Å²) in [5, 5.41) is 0. The first-order valence-corrected chi connectivity index (χ1v) is 9.66. The van der Waals surface area contributed by atoms with Gasteiger partial charge in [-0.15, -0.1) is 0 Å². The van der Waals surface area contributed by atoms with Crippen LogP contribution in [0.5, 0.6) is 0 Å². The molecule has 136 valence electrons. The Morgan fingerprint density at radius 2 is 2.04 bits per heavy atom. The zero-order valence-corrected chi connectivity index (χ0v) is 15.2. The second-order valence-electron chi connectivity index (χ2n) is 8.20. The van der Waals surface area contributed by atoms with Crippen LogP contribution in [0.25, 0.3) is 0 Å². The van der Waals surface area contributed by atoms with Gasteiger partial charge in [0, 0.05) is 32.0 Å². The Bertz CT molecular complexity index is 662. The third-order valence-corrected chi connectivity index (χ3v) is 6.20. The molecule has 3 atom stereocenters. The molecule has 1 aromatic rings. The third-order valence-electron chi connectivity index (χ3n) is 6.20. The van der Waals surface area contributed by atoms with Crippen LogP contribution in [0.15, 0.2) is 16.5 Å². The lowest BCUT2D eigenvalue weighted by atomic mass is 10.1. The molecule has 3 aliphatic rings. The molecule has 4 rings (SSSR count). The highest BCUT2D eigenvalue weighted by Gasteiger charge is 2.40. The van der Waals surface area contributed by atoms with E-state index in [1.165, 1.54) is 19.3 Å². The van der Waals surface area contributed by atoms with E-state index in [-0.39, 0.29) is 17.7 Å². The van der Waals surface area contributed by atoms with Gasteiger partial charge in [-0.3, -0.25) is 9.59 Å². The molecule has 3 fully saturated rings. The minimum atomic E-state index is -0.198. The van der Waals surface area contributed by atoms with Gasteiger partial charge in [0.1, 0.15) is 11.5 Å². The zero-order chi connectivity index (χ0) is 17.6. The van der Waals surface area contributed by atoms with Gasteiger partial charge in [0.2, 0.25) is 11.8 Å². The Hall–Kier alpha value is -1.78.